The van der Waals surface area contributed by atoms with E-state index in [1.807, 2.05) is 13.0 Å². The quantitative estimate of drug-likeness (QED) is 0.698. The molecule has 3 N–H and O–H groups in total. The van der Waals surface area contributed by atoms with Crippen LogP contribution < -0.4 is 10.6 Å². The molecule has 2 saturated carbocycles. The number of aryl methyl sites for hydroxylation is 2. The first-order chi connectivity index (χ1) is 11.9. The second kappa shape index (κ2) is 7.23. The summed E-state index contributed by atoms with van der Waals surface area (Å²) in [6, 6.07) is 2.16. The Kier molecular flexibility index (Phi) is 5.22. The normalized spacial score (nSPS) is 31.0. The van der Waals surface area contributed by atoms with E-state index in [1.54, 1.807) is 0 Å². The van der Waals surface area contributed by atoms with Gasteiger partial charge in [-0.25, -0.2) is 14.4 Å². The van der Waals surface area contributed by atoms with Gasteiger partial charge < -0.3 is 15.7 Å². The second-order valence-electron chi connectivity index (χ2n) is 7.52. The van der Waals surface area contributed by atoms with Gasteiger partial charge in [-0.1, -0.05) is 6.92 Å². The summed E-state index contributed by atoms with van der Waals surface area (Å²) in [5.74, 6) is 0.788. The lowest BCUT2D eigenvalue weighted by Gasteiger charge is -2.42. The molecular weight excluding hydrogens is 323 g/mol. The minimum Gasteiger partial charge on any atom is -0.393 e. The molecule has 0 saturated heterocycles. The summed E-state index contributed by atoms with van der Waals surface area (Å²) in [5, 5.41) is 15.2. The number of aliphatic hydroxyl groups is 1. The van der Waals surface area contributed by atoms with E-state index in [-0.39, 0.29) is 30.7 Å². The van der Waals surface area contributed by atoms with E-state index in [9.17, 15) is 9.18 Å². The van der Waals surface area contributed by atoms with Gasteiger partial charge in [0.25, 0.3) is 0 Å². The molecule has 25 heavy (non-hydrogen) atoms. The van der Waals surface area contributed by atoms with Crippen LogP contribution in [0.15, 0.2) is 6.07 Å². The fourth-order valence-corrected chi connectivity index (χ4v) is 3.61. The number of alkyl halides is 1. The number of nitrogens with zero attached hydrogens (tertiary/aromatic N) is 2. The Hall–Kier alpha value is -1.76. The monoisotopic (exact) mass is 350 g/mol. The second-order valence-corrected chi connectivity index (χ2v) is 7.52. The summed E-state index contributed by atoms with van der Waals surface area (Å²) in [6.07, 6.45) is 2.99. The average molecular weight is 350 g/mol. The number of hydrogen-bond acceptors (Lipinski definition) is 5. The summed E-state index contributed by atoms with van der Waals surface area (Å²) >= 11 is 0. The zero-order valence-corrected chi connectivity index (χ0v) is 14.9. The first-order valence-corrected chi connectivity index (χ1v) is 9.09. The molecule has 138 valence electrons. The van der Waals surface area contributed by atoms with Gasteiger partial charge in [0.05, 0.1) is 6.61 Å². The molecule has 1 amide bonds. The summed E-state index contributed by atoms with van der Waals surface area (Å²) in [6.45, 7) is 4.33. The average Bonchev–Trinajstić information content (AvgIpc) is 2.52. The molecule has 1 aromatic heterocycles. The van der Waals surface area contributed by atoms with Gasteiger partial charge in [0.2, 0.25) is 11.9 Å². The topological polar surface area (TPSA) is 87.1 Å². The predicted molar refractivity (Wildman–Crippen MR) is 92.9 cm³/mol. The van der Waals surface area contributed by atoms with Crippen molar-refractivity contribution >= 4 is 11.9 Å². The van der Waals surface area contributed by atoms with Gasteiger partial charge in [-0.3, -0.25) is 4.79 Å². The van der Waals surface area contributed by atoms with Gasteiger partial charge in [0, 0.05) is 29.9 Å². The van der Waals surface area contributed by atoms with Gasteiger partial charge in [-0.15, -0.1) is 0 Å². The molecule has 7 heteroatoms. The van der Waals surface area contributed by atoms with Gasteiger partial charge in [-0.05, 0) is 51.0 Å². The van der Waals surface area contributed by atoms with E-state index < -0.39 is 12.3 Å². The van der Waals surface area contributed by atoms with Crippen LogP contribution in [0.25, 0.3) is 0 Å². The van der Waals surface area contributed by atoms with Crippen LogP contribution in [0.1, 0.15) is 44.0 Å². The van der Waals surface area contributed by atoms with Crippen molar-refractivity contribution in [2.24, 2.45) is 11.8 Å². The number of carbonyl (C=O) groups excluding carboxylic acids is 1. The van der Waals surface area contributed by atoms with Crippen LogP contribution in [0.5, 0.6) is 0 Å². The minimum absolute atomic E-state index is 0.0762. The van der Waals surface area contributed by atoms with Crippen LogP contribution >= 0.6 is 0 Å². The molecule has 1 heterocycles. The van der Waals surface area contributed by atoms with Crippen LogP contribution in [-0.2, 0) is 11.2 Å². The first kappa shape index (κ1) is 18.0. The van der Waals surface area contributed by atoms with Crippen molar-refractivity contribution in [3.05, 3.63) is 17.5 Å². The van der Waals surface area contributed by atoms with Crippen molar-refractivity contribution in [1.82, 2.24) is 15.3 Å². The number of amides is 1. The maximum absolute atomic E-state index is 13.6. The Morgan fingerprint density at radius 2 is 2.12 bits per heavy atom. The maximum atomic E-state index is 13.6. The SMILES string of the molecule is CCc1cc(C)nc(NCC2CC(NC(=O)C3CC(F)(CO)C3)C2)n1. The number of rotatable bonds is 7. The standard InChI is InChI=1S/C18H27FN4O2/c1-3-14-4-11(2)21-17(23-14)20-9-12-5-15(6-12)22-16(25)13-7-18(19,8-13)10-24/h4,12-13,15,24H,3,5-10H2,1-2H3,(H,22,25)(H,20,21,23). The molecular formula is C18H27FN4O2. The maximum Gasteiger partial charge on any atom is 0.223 e. The zero-order valence-electron chi connectivity index (χ0n) is 14.9. The summed E-state index contributed by atoms with van der Waals surface area (Å²) in [5.41, 5.74) is 0.445. The van der Waals surface area contributed by atoms with Gasteiger partial charge in [0.15, 0.2) is 0 Å². The third-order valence-corrected chi connectivity index (χ3v) is 5.28. The Balaban J connectivity index is 1.36. The third-order valence-electron chi connectivity index (χ3n) is 5.28. The van der Waals surface area contributed by atoms with Crippen LogP contribution in [-0.4, -0.2) is 45.8 Å². The highest BCUT2D eigenvalue weighted by Crippen LogP contribution is 2.41. The molecule has 6 nitrogen and oxygen atoms in total. The largest absolute Gasteiger partial charge is 0.393 e. The Morgan fingerprint density at radius 3 is 2.76 bits per heavy atom. The van der Waals surface area contributed by atoms with Crippen molar-refractivity contribution in [2.75, 3.05) is 18.5 Å². The Labute approximate surface area is 147 Å². The Bertz CT molecular complexity index is 628. The van der Waals surface area contributed by atoms with Crippen molar-refractivity contribution in [1.29, 1.82) is 0 Å². The molecule has 0 spiro atoms. The number of halogens is 1. The third kappa shape index (κ3) is 4.26. The molecule has 2 fully saturated rings. The smallest absolute Gasteiger partial charge is 0.223 e. The van der Waals surface area contributed by atoms with Crippen molar-refractivity contribution in [3.63, 3.8) is 0 Å². The highest BCUT2D eigenvalue weighted by Gasteiger charge is 2.48. The van der Waals surface area contributed by atoms with Crippen LogP contribution in [0.2, 0.25) is 0 Å². The number of anilines is 1. The molecule has 2 aliphatic carbocycles. The molecule has 0 aromatic carbocycles. The Morgan fingerprint density at radius 1 is 1.40 bits per heavy atom. The highest BCUT2D eigenvalue weighted by molar-refractivity contribution is 5.80. The summed E-state index contributed by atoms with van der Waals surface area (Å²) in [4.78, 5) is 20.9. The lowest BCUT2D eigenvalue weighted by molar-refractivity contribution is -0.138. The zero-order chi connectivity index (χ0) is 18.0. The fraction of sp³-hybridized carbons (Fsp3) is 0.722. The number of carbonyl (C=O) groups is 1. The number of aliphatic hydroxyl groups excluding tert-OH is 1. The molecule has 0 unspecified atom stereocenters. The lowest BCUT2D eigenvalue weighted by atomic mass is 9.71. The molecule has 0 bridgehead atoms. The van der Waals surface area contributed by atoms with E-state index in [0.717, 1.165) is 37.2 Å². The molecule has 1 aromatic rings. The number of hydrogen-bond donors (Lipinski definition) is 3. The minimum atomic E-state index is -1.54. The van der Waals surface area contributed by atoms with Crippen LogP contribution in [0.4, 0.5) is 10.3 Å². The number of nitrogens with one attached hydrogen (secondary N) is 2. The predicted octanol–water partition coefficient (Wildman–Crippen LogP) is 1.76. The van der Waals surface area contributed by atoms with E-state index >= 15 is 0 Å². The molecule has 3 rings (SSSR count). The van der Waals surface area contributed by atoms with E-state index in [1.165, 1.54) is 0 Å². The summed E-state index contributed by atoms with van der Waals surface area (Å²) < 4.78 is 13.6. The van der Waals surface area contributed by atoms with Crippen molar-refractivity contribution in [2.45, 2.75) is 57.7 Å². The van der Waals surface area contributed by atoms with E-state index in [4.69, 9.17) is 5.11 Å². The van der Waals surface area contributed by atoms with Gasteiger partial charge in [0.1, 0.15) is 5.67 Å². The van der Waals surface area contributed by atoms with Crippen molar-refractivity contribution in [3.8, 4) is 0 Å². The molecule has 0 aliphatic heterocycles. The number of aromatic nitrogens is 2. The van der Waals surface area contributed by atoms with E-state index in [0.29, 0.717) is 11.9 Å². The van der Waals surface area contributed by atoms with Gasteiger partial charge in [-0.2, -0.15) is 0 Å². The van der Waals surface area contributed by atoms with Crippen LogP contribution in [0.3, 0.4) is 0 Å². The van der Waals surface area contributed by atoms with Crippen molar-refractivity contribution < 1.29 is 14.3 Å². The molecule has 2 aliphatic rings. The summed E-state index contributed by atoms with van der Waals surface area (Å²) in [7, 11) is 0. The first-order valence-electron chi connectivity index (χ1n) is 9.09. The molecule has 0 radical (unpaired) electrons. The van der Waals surface area contributed by atoms with E-state index in [2.05, 4.69) is 27.5 Å². The van der Waals surface area contributed by atoms with Crippen LogP contribution in [0, 0.1) is 18.8 Å². The highest BCUT2D eigenvalue weighted by atomic mass is 19.1. The lowest BCUT2D eigenvalue weighted by Crippen LogP contribution is -2.54. The molecule has 0 atom stereocenters. The van der Waals surface area contributed by atoms with Gasteiger partial charge >= 0.3 is 0 Å². The fourth-order valence-electron chi connectivity index (χ4n) is 3.61.